The van der Waals surface area contributed by atoms with Crippen molar-refractivity contribution in [1.29, 1.82) is 0 Å². The van der Waals surface area contributed by atoms with Crippen LogP contribution in [-0.2, 0) is 42.5 Å². The second-order valence-corrected chi connectivity index (χ2v) is 11.7. The van der Waals surface area contributed by atoms with E-state index in [1.165, 1.54) is 13.8 Å². The molecule has 4 N–H and O–H groups in total. The second kappa shape index (κ2) is 13.3. The predicted molar refractivity (Wildman–Crippen MR) is 137 cm³/mol. The molecule has 1 fully saturated rings. The molecule has 6 atom stereocenters. The first-order valence-corrected chi connectivity index (χ1v) is 14.1. The molecule has 0 unspecified atom stereocenters. The summed E-state index contributed by atoms with van der Waals surface area (Å²) in [6.07, 6.45) is -2.78. The number of nitrogens with zero attached hydrogens (tertiary/aromatic N) is 1. The lowest BCUT2D eigenvalue weighted by atomic mass is 9.96. The summed E-state index contributed by atoms with van der Waals surface area (Å²) in [4.78, 5) is 49.6. The average molecular weight is 576 g/mol. The van der Waals surface area contributed by atoms with E-state index >= 15 is 0 Å². The molecule has 0 aliphatic carbocycles. The third-order valence-corrected chi connectivity index (χ3v) is 7.67. The number of esters is 2. The highest BCUT2D eigenvalue weighted by molar-refractivity contribution is 7.54. The van der Waals surface area contributed by atoms with Crippen molar-refractivity contribution in [2.45, 2.75) is 96.3 Å². The lowest BCUT2D eigenvalue weighted by Crippen LogP contribution is -2.48. The van der Waals surface area contributed by atoms with E-state index in [1.54, 1.807) is 27.7 Å². The number of rotatable bonds is 13. The van der Waals surface area contributed by atoms with E-state index < -0.39 is 92.7 Å². The standard InChI is InChI=1S/C24H38N3O11P/c1-8-24(20(31)19(30)21(38-24)27-10-9-17(28)11-18(27)29)12-35-39(34,25-15(6)22(32)36-13(2)3)26-16(7)23(33)37-14(4)5/h8-10,13-16,19-21,30-31H,1,11-12H2,2-7H3,(H2,25,26,34)/t15-,16-,19+,20-,21+,24+/m0/s1. The highest BCUT2D eigenvalue weighted by Crippen LogP contribution is 2.43. The number of allylic oxidation sites excluding steroid dienone is 1. The van der Waals surface area contributed by atoms with E-state index in [0.717, 1.165) is 23.3 Å². The summed E-state index contributed by atoms with van der Waals surface area (Å²) in [6, 6.07) is -2.33. The van der Waals surface area contributed by atoms with Gasteiger partial charge in [0.2, 0.25) is 5.91 Å². The molecule has 2 rings (SSSR count). The third kappa shape index (κ3) is 8.27. The van der Waals surface area contributed by atoms with Crippen molar-refractivity contribution in [1.82, 2.24) is 15.1 Å². The maximum atomic E-state index is 13.9. The molecule has 0 aromatic rings. The van der Waals surface area contributed by atoms with Gasteiger partial charge in [-0.1, -0.05) is 6.08 Å². The van der Waals surface area contributed by atoms with Gasteiger partial charge in [-0.2, -0.15) is 0 Å². The van der Waals surface area contributed by atoms with E-state index in [4.69, 9.17) is 18.7 Å². The van der Waals surface area contributed by atoms with Gasteiger partial charge in [-0.15, -0.1) is 6.58 Å². The largest absolute Gasteiger partial charge is 0.462 e. The second-order valence-electron chi connectivity index (χ2n) is 9.86. The maximum Gasteiger partial charge on any atom is 0.342 e. The Balaban J connectivity index is 2.29. The number of aliphatic hydroxyl groups excluding tert-OH is 2. The normalized spacial score (nSPS) is 27.1. The molecule has 0 saturated carbocycles. The van der Waals surface area contributed by atoms with Gasteiger partial charge in [-0.25, -0.2) is 10.2 Å². The van der Waals surface area contributed by atoms with Gasteiger partial charge in [-0.05, 0) is 47.6 Å². The topological polar surface area (TPSA) is 190 Å². The smallest absolute Gasteiger partial charge is 0.342 e. The van der Waals surface area contributed by atoms with Gasteiger partial charge < -0.3 is 28.9 Å². The zero-order valence-electron chi connectivity index (χ0n) is 22.9. The van der Waals surface area contributed by atoms with E-state index in [2.05, 4.69) is 16.8 Å². The fourth-order valence-electron chi connectivity index (χ4n) is 3.74. The minimum Gasteiger partial charge on any atom is -0.462 e. The number of nitrogens with one attached hydrogen (secondary N) is 2. The van der Waals surface area contributed by atoms with Crippen molar-refractivity contribution in [3.05, 3.63) is 24.9 Å². The highest BCUT2D eigenvalue weighted by Gasteiger charge is 2.56. The molecule has 220 valence electrons. The van der Waals surface area contributed by atoms with Crippen molar-refractivity contribution in [3.8, 4) is 0 Å². The minimum absolute atomic E-state index is 0.434. The number of carbonyl (C=O) groups is 4. The van der Waals surface area contributed by atoms with Crippen molar-refractivity contribution in [2.24, 2.45) is 0 Å². The quantitative estimate of drug-likeness (QED) is 0.102. The Hall–Kier alpha value is -2.45. The fraction of sp³-hybridized carbons (Fsp3) is 0.667. The molecule has 2 heterocycles. The number of hydrogen-bond donors (Lipinski definition) is 4. The highest BCUT2D eigenvalue weighted by atomic mass is 31.2. The number of amides is 1. The summed E-state index contributed by atoms with van der Waals surface area (Å²) in [5.74, 6) is -2.59. The van der Waals surface area contributed by atoms with Crippen LogP contribution in [0.4, 0.5) is 0 Å². The molecule has 14 nitrogen and oxygen atoms in total. The predicted octanol–water partition coefficient (Wildman–Crippen LogP) is 0.289. The Labute approximate surface area is 227 Å². The van der Waals surface area contributed by atoms with Gasteiger partial charge in [0.25, 0.3) is 0 Å². The molecule has 2 aliphatic heterocycles. The average Bonchev–Trinajstić information content (AvgIpc) is 3.07. The Morgan fingerprint density at radius 2 is 1.64 bits per heavy atom. The molecule has 39 heavy (non-hydrogen) atoms. The Morgan fingerprint density at radius 3 is 2.08 bits per heavy atom. The van der Waals surface area contributed by atoms with Gasteiger partial charge in [0.15, 0.2) is 12.0 Å². The summed E-state index contributed by atoms with van der Waals surface area (Å²) in [7, 11) is -4.31. The molecule has 0 aromatic heterocycles. The Kier molecular flexibility index (Phi) is 11.1. The zero-order valence-corrected chi connectivity index (χ0v) is 23.8. The molecule has 0 spiro atoms. The maximum absolute atomic E-state index is 13.9. The van der Waals surface area contributed by atoms with Crippen molar-refractivity contribution in [3.63, 3.8) is 0 Å². The molecule has 0 aromatic carbocycles. The number of carbonyl (C=O) groups excluding carboxylic acids is 4. The van der Waals surface area contributed by atoms with E-state index in [0.29, 0.717) is 0 Å². The first-order valence-electron chi connectivity index (χ1n) is 12.4. The van der Waals surface area contributed by atoms with Crippen molar-refractivity contribution < 1.29 is 52.7 Å². The molecular formula is C24H38N3O11P. The van der Waals surface area contributed by atoms with Crippen LogP contribution in [0, 0.1) is 0 Å². The van der Waals surface area contributed by atoms with Crippen LogP contribution in [0.15, 0.2) is 24.9 Å². The van der Waals surface area contributed by atoms with Gasteiger partial charge in [0.1, 0.15) is 29.9 Å². The molecule has 15 heteroatoms. The van der Waals surface area contributed by atoms with Crippen LogP contribution in [0.5, 0.6) is 0 Å². The summed E-state index contributed by atoms with van der Waals surface area (Å²) < 4.78 is 35.6. The zero-order chi connectivity index (χ0) is 29.7. The van der Waals surface area contributed by atoms with Crippen LogP contribution < -0.4 is 10.2 Å². The van der Waals surface area contributed by atoms with Gasteiger partial charge in [-0.3, -0.25) is 28.6 Å². The van der Waals surface area contributed by atoms with Crippen LogP contribution in [-0.4, -0.2) is 93.7 Å². The molecular weight excluding hydrogens is 537 g/mol. The lowest BCUT2D eigenvalue weighted by molar-refractivity contribution is -0.153. The summed E-state index contributed by atoms with van der Waals surface area (Å²) in [5, 5.41) is 26.5. The van der Waals surface area contributed by atoms with Crippen LogP contribution in [0.1, 0.15) is 48.0 Å². The minimum atomic E-state index is -4.31. The van der Waals surface area contributed by atoms with Crippen LogP contribution >= 0.6 is 7.67 Å². The Bertz CT molecular complexity index is 999. The summed E-state index contributed by atoms with van der Waals surface area (Å²) >= 11 is 0. The molecule has 0 bridgehead atoms. The molecule has 0 radical (unpaired) electrons. The summed E-state index contributed by atoms with van der Waals surface area (Å²) in [6.45, 7) is 12.2. The van der Waals surface area contributed by atoms with Crippen LogP contribution in [0.25, 0.3) is 0 Å². The number of ether oxygens (including phenoxy) is 3. The number of aliphatic hydroxyl groups is 2. The summed E-state index contributed by atoms with van der Waals surface area (Å²) in [5.41, 5.74) is -1.89. The van der Waals surface area contributed by atoms with Crippen molar-refractivity contribution >= 4 is 31.3 Å². The van der Waals surface area contributed by atoms with Gasteiger partial charge >= 0.3 is 19.6 Å². The molecule has 1 amide bonds. The van der Waals surface area contributed by atoms with Crippen LogP contribution in [0.2, 0.25) is 0 Å². The van der Waals surface area contributed by atoms with Crippen molar-refractivity contribution in [2.75, 3.05) is 6.61 Å². The number of ketones is 1. The SMILES string of the molecule is C=C[C@]1(COP(=O)(N[C@@H](C)C(=O)OC(C)C)N[C@@H](C)C(=O)OC(C)C)O[C@@H](N2C=CC(=O)CC2=O)[C@H](O)[C@@H]1O. The van der Waals surface area contributed by atoms with Gasteiger partial charge in [0, 0.05) is 6.20 Å². The van der Waals surface area contributed by atoms with E-state index in [9.17, 15) is 34.0 Å². The lowest BCUT2D eigenvalue weighted by Gasteiger charge is -2.33. The molecule has 1 saturated heterocycles. The third-order valence-electron chi connectivity index (χ3n) is 5.72. The number of hydrogen-bond acceptors (Lipinski definition) is 11. The van der Waals surface area contributed by atoms with Crippen LogP contribution in [0.3, 0.4) is 0 Å². The molecule has 2 aliphatic rings. The first kappa shape index (κ1) is 32.8. The van der Waals surface area contributed by atoms with E-state index in [1.807, 2.05) is 0 Å². The monoisotopic (exact) mass is 575 g/mol. The van der Waals surface area contributed by atoms with E-state index in [-0.39, 0.29) is 0 Å². The first-order chi connectivity index (χ1) is 18.0. The van der Waals surface area contributed by atoms with Gasteiger partial charge in [0.05, 0.1) is 25.2 Å². The fourth-order valence-corrected chi connectivity index (χ4v) is 5.58. The Morgan fingerprint density at radius 1 is 1.13 bits per heavy atom.